The molecule has 4 rings (SSSR count). The maximum Gasteiger partial charge on any atom is 0.127 e. The predicted molar refractivity (Wildman–Crippen MR) is 104 cm³/mol. The van der Waals surface area contributed by atoms with Gasteiger partial charge < -0.3 is 15.0 Å². The van der Waals surface area contributed by atoms with Gasteiger partial charge in [0.05, 0.1) is 34.5 Å². The van der Waals surface area contributed by atoms with Gasteiger partial charge in [0.15, 0.2) is 0 Å². The maximum atomic E-state index is 12.6. The van der Waals surface area contributed by atoms with E-state index in [0.29, 0.717) is 38.5 Å². The van der Waals surface area contributed by atoms with E-state index in [2.05, 4.69) is 15.1 Å². The number of pyridine rings is 1. The van der Waals surface area contributed by atoms with Crippen LogP contribution in [0.15, 0.2) is 45.8 Å². The molecule has 0 saturated carbocycles. The van der Waals surface area contributed by atoms with Crippen LogP contribution in [0.4, 0.5) is 5.69 Å². The molecule has 1 atom stereocenters. The Kier molecular flexibility index (Phi) is 4.92. The van der Waals surface area contributed by atoms with Crippen LogP contribution in [0.2, 0.25) is 0 Å². The van der Waals surface area contributed by atoms with E-state index in [1.54, 1.807) is 25.6 Å². The largest absolute Gasteiger partial charge is 0.396 e. The lowest BCUT2D eigenvalue weighted by molar-refractivity contribution is 0.218. The highest BCUT2D eigenvalue weighted by molar-refractivity contribution is 7.87. The zero-order valence-electron chi connectivity index (χ0n) is 14.3. The third kappa shape index (κ3) is 3.34. The summed E-state index contributed by atoms with van der Waals surface area (Å²) in [5.41, 5.74) is 9.63. The maximum absolute atomic E-state index is 12.6. The van der Waals surface area contributed by atoms with Gasteiger partial charge in [0.2, 0.25) is 0 Å². The summed E-state index contributed by atoms with van der Waals surface area (Å²) in [6.07, 6.45) is 6.32. The van der Waals surface area contributed by atoms with Gasteiger partial charge in [-0.15, -0.1) is 11.3 Å². The summed E-state index contributed by atoms with van der Waals surface area (Å²) in [5.74, 6) is 0.367. The lowest BCUT2D eigenvalue weighted by atomic mass is 10.1. The van der Waals surface area contributed by atoms with Crippen molar-refractivity contribution < 1.29 is 13.5 Å². The molecule has 138 valence electrons. The fraction of sp³-hybridized carbons (Fsp3) is 0.176. The molecule has 0 spiro atoms. The van der Waals surface area contributed by atoms with Gasteiger partial charge in [0, 0.05) is 42.1 Å². The van der Waals surface area contributed by atoms with Crippen LogP contribution in [-0.2, 0) is 15.5 Å². The number of hydrogen-bond donors (Lipinski definition) is 1. The molecule has 0 fully saturated rings. The fourth-order valence-electron chi connectivity index (χ4n) is 2.65. The van der Waals surface area contributed by atoms with E-state index in [9.17, 15) is 4.21 Å². The van der Waals surface area contributed by atoms with Crippen molar-refractivity contribution >= 4 is 38.0 Å². The van der Waals surface area contributed by atoms with Gasteiger partial charge in [-0.3, -0.25) is 4.21 Å². The quantitative estimate of drug-likeness (QED) is 0.524. The topological polar surface area (TPSA) is 117 Å². The number of thiophene rings is 1. The van der Waals surface area contributed by atoms with Gasteiger partial charge in [0.1, 0.15) is 27.3 Å². The van der Waals surface area contributed by atoms with Crippen molar-refractivity contribution in [2.75, 3.05) is 25.2 Å². The number of aromatic nitrogens is 4. The van der Waals surface area contributed by atoms with Crippen LogP contribution in [0.1, 0.15) is 0 Å². The van der Waals surface area contributed by atoms with Crippen molar-refractivity contribution in [3.8, 4) is 22.5 Å². The third-order valence-corrected chi connectivity index (χ3v) is 6.79. The van der Waals surface area contributed by atoms with Crippen molar-refractivity contribution in [1.29, 1.82) is 0 Å². The molecule has 0 bridgehead atoms. The summed E-state index contributed by atoms with van der Waals surface area (Å²) >= 11 is 1.31. The first-order chi connectivity index (χ1) is 13.2. The molecule has 2 N–H and O–H groups in total. The lowest BCUT2D eigenvalue weighted by Crippen LogP contribution is -2.04. The SMILES string of the molecule is COCCS(=O)c1sc2nc(-c3cncnc3)cc(-c3ccon3)c2c1N. The molecule has 4 aromatic heterocycles. The third-order valence-electron chi connectivity index (χ3n) is 3.91. The Labute approximate surface area is 160 Å². The molecule has 4 heterocycles. The van der Waals surface area contributed by atoms with E-state index in [1.165, 1.54) is 23.9 Å². The first-order valence-electron chi connectivity index (χ1n) is 7.95. The molecule has 0 aliphatic heterocycles. The Bertz CT molecular complexity index is 1100. The average molecular weight is 401 g/mol. The van der Waals surface area contributed by atoms with Crippen molar-refractivity contribution in [1.82, 2.24) is 20.1 Å². The molecular formula is C17H15N5O3S2. The van der Waals surface area contributed by atoms with Gasteiger partial charge in [-0.05, 0) is 6.07 Å². The van der Waals surface area contributed by atoms with E-state index < -0.39 is 10.8 Å². The molecule has 0 aliphatic rings. The normalized spacial score (nSPS) is 12.5. The van der Waals surface area contributed by atoms with E-state index in [0.717, 1.165) is 16.5 Å². The fourth-order valence-corrected chi connectivity index (χ4v) is 5.22. The van der Waals surface area contributed by atoms with Crippen molar-refractivity contribution in [2.45, 2.75) is 4.21 Å². The second kappa shape index (κ2) is 7.51. The van der Waals surface area contributed by atoms with E-state index in [-0.39, 0.29) is 0 Å². The molecule has 0 aromatic carbocycles. The smallest absolute Gasteiger partial charge is 0.127 e. The van der Waals surface area contributed by atoms with E-state index in [4.69, 9.17) is 20.0 Å². The highest BCUT2D eigenvalue weighted by Crippen LogP contribution is 2.42. The van der Waals surface area contributed by atoms with Crippen molar-refractivity contribution in [3.05, 3.63) is 37.1 Å². The van der Waals surface area contributed by atoms with Gasteiger partial charge in [-0.25, -0.2) is 15.0 Å². The lowest BCUT2D eigenvalue weighted by Gasteiger charge is -2.05. The summed E-state index contributed by atoms with van der Waals surface area (Å²) < 4.78 is 23.2. The van der Waals surface area contributed by atoms with Crippen molar-refractivity contribution in [3.63, 3.8) is 0 Å². The summed E-state index contributed by atoms with van der Waals surface area (Å²) in [6.45, 7) is 0.385. The molecular weight excluding hydrogens is 386 g/mol. The molecule has 0 radical (unpaired) electrons. The minimum absolute atomic E-state index is 0.367. The highest BCUT2D eigenvalue weighted by Gasteiger charge is 2.21. The summed E-state index contributed by atoms with van der Waals surface area (Å²) in [6, 6.07) is 3.61. The van der Waals surface area contributed by atoms with E-state index >= 15 is 0 Å². The number of nitrogens with two attached hydrogens (primary N) is 1. The van der Waals surface area contributed by atoms with Crippen molar-refractivity contribution in [2.24, 2.45) is 0 Å². The summed E-state index contributed by atoms with van der Waals surface area (Å²) in [4.78, 5) is 13.5. The zero-order valence-corrected chi connectivity index (χ0v) is 15.9. The van der Waals surface area contributed by atoms with Crippen LogP contribution in [0.5, 0.6) is 0 Å². The Morgan fingerprint density at radius 3 is 2.81 bits per heavy atom. The van der Waals surface area contributed by atoms with Gasteiger partial charge >= 0.3 is 0 Å². The second-order valence-corrected chi connectivity index (χ2v) is 8.36. The van der Waals surface area contributed by atoms with Gasteiger partial charge in [-0.2, -0.15) is 0 Å². The monoisotopic (exact) mass is 401 g/mol. The number of hydrogen-bond acceptors (Lipinski definition) is 9. The number of ether oxygens (including phenoxy) is 1. The summed E-state index contributed by atoms with van der Waals surface area (Å²) in [7, 11) is 0.300. The van der Waals surface area contributed by atoms with Crippen LogP contribution >= 0.6 is 11.3 Å². The molecule has 27 heavy (non-hydrogen) atoms. The Balaban J connectivity index is 1.94. The molecule has 0 amide bonds. The number of anilines is 1. The first kappa shape index (κ1) is 17.7. The minimum atomic E-state index is -1.27. The standard InChI is InChI=1S/C17H15N5O3S2/c1-24-4-5-27(23)17-15(18)14-11(12-2-3-25-22-12)6-13(21-16(14)26-17)10-7-19-9-20-8-10/h2-3,6-9H,4-5,18H2,1H3. The number of fused-ring (bicyclic) bond motifs is 1. The number of nitrogen functional groups attached to an aromatic ring is 1. The number of nitrogens with zero attached hydrogens (tertiary/aromatic N) is 4. The van der Waals surface area contributed by atoms with Gasteiger partial charge in [-0.1, -0.05) is 5.16 Å². The number of methoxy groups -OCH3 is 1. The minimum Gasteiger partial charge on any atom is -0.396 e. The molecule has 4 aromatic rings. The first-order valence-corrected chi connectivity index (χ1v) is 10.1. The van der Waals surface area contributed by atoms with Crippen LogP contribution < -0.4 is 5.73 Å². The van der Waals surface area contributed by atoms with Crippen LogP contribution in [0, 0.1) is 0 Å². The molecule has 0 aliphatic carbocycles. The van der Waals surface area contributed by atoms with Gasteiger partial charge in [0.25, 0.3) is 0 Å². The Morgan fingerprint density at radius 2 is 2.11 bits per heavy atom. The van der Waals surface area contributed by atoms with Crippen LogP contribution in [0.3, 0.4) is 0 Å². The highest BCUT2D eigenvalue weighted by atomic mass is 32.2. The Hall–Kier alpha value is -2.69. The molecule has 1 unspecified atom stereocenters. The average Bonchev–Trinajstić information content (AvgIpc) is 3.35. The molecule has 10 heteroatoms. The number of rotatable bonds is 6. The zero-order chi connectivity index (χ0) is 18.8. The van der Waals surface area contributed by atoms with Crippen LogP contribution in [0.25, 0.3) is 32.7 Å². The predicted octanol–water partition coefficient (Wildman–Crippen LogP) is 2.74. The van der Waals surface area contributed by atoms with E-state index in [1.807, 2.05) is 6.07 Å². The Morgan fingerprint density at radius 1 is 1.30 bits per heavy atom. The molecule has 0 saturated heterocycles. The second-order valence-electron chi connectivity index (χ2n) is 5.59. The molecule has 8 nitrogen and oxygen atoms in total. The van der Waals surface area contributed by atoms with Crippen LogP contribution in [-0.4, -0.2) is 43.8 Å². The summed E-state index contributed by atoms with van der Waals surface area (Å²) in [5, 5.41) is 4.75.